The molecule has 2 aromatic rings. The second-order valence-corrected chi connectivity index (χ2v) is 7.83. The largest absolute Gasteiger partial charge is 0.394 e. The van der Waals surface area contributed by atoms with Crippen molar-refractivity contribution in [1.29, 1.82) is 0 Å². The quantitative estimate of drug-likeness (QED) is 0.608. The van der Waals surface area contributed by atoms with Crippen LogP contribution in [-0.2, 0) is 4.74 Å². The second-order valence-electron chi connectivity index (χ2n) is 7.83. The lowest BCUT2D eigenvalue weighted by Gasteiger charge is -2.28. The summed E-state index contributed by atoms with van der Waals surface area (Å²) in [6.07, 6.45) is 5.00. The molecule has 26 heavy (non-hydrogen) atoms. The first kappa shape index (κ1) is 16.4. The molecule has 5 rings (SSSR count). The molecule has 140 valence electrons. The van der Waals surface area contributed by atoms with E-state index in [-0.39, 0.29) is 12.1 Å². The van der Waals surface area contributed by atoms with Crippen molar-refractivity contribution in [3.05, 3.63) is 12.7 Å². The lowest BCUT2D eigenvalue weighted by molar-refractivity contribution is -0.0511. The maximum absolute atomic E-state index is 10.3. The normalized spacial score (nSPS) is 39.1. The Morgan fingerprint density at radius 1 is 1.19 bits per heavy atom. The molecule has 2 bridgehead atoms. The molecule has 2 aromatic heterocycles. The molecule has 4 atom stereocenters. The van der Waals surface area contributed by atoms with Gasteiger partial charge in [-0.05, 0) is 38.0 Å². The summed E-state index contributed by atoms with van der Waals surface area (Å²) in [4.78, 5) is 13.1. The summed E-state index contributed by atoms with van der Waals surface area (Å²) in [7, 11) is 0. The zero-order chi connectivity index (χ0) is 17.9. The summed E-state index contributed by atoms with van der Waals surface area (Å²) in [5.41, 5.74) is 1.26. The summed E-state index contributed by atoms with van der Waals surface area (Å²) in [6, 6.07) is 0. The van der Waals surface area contributed by atoms with Crippen molar-refractivity contribution in [2.24, 2.45) is 5.92 Å². The van der Waals surface area contributed by atoms with Crippen LogP contribution in [0, 0.1) is 5.92 Å². The molecule has 4 N–H and O–H groups in total. The van der Waals surface area contributed by atoms with E-state index in [4.69, 9.17) is 4.74 Å². The van der Waals surface area contributed by atoms with Crippen LogP contribution in [0.3, 0.4) is 0 Å². The van der Waals surface area contributed by atoms with Crippen molar-refractivity contribution in [2.45, 2.75) is 62.2 Å². The molecule has 9 heteroatoms. The molecule has 0 aromatic carbocycles. The minimum absolute atomic E-state index is 0.108. The molecule has 3 aliphatic rings. The third-order valence-corrected chi connectivity index (χ3v) is 6.28. The van der Waals surface area contributed by atoms with Gasteiger partial charge in [-0.3, -0.25) is 4.57 Å². The zero-order valence-corrected chi connectivity index (χ0v) is 14.3. The summed E-state index contributed by atoms with van der Waals surface area (Å²) in [5, 5.41) is 33.2. The van der Waals surface area contributed by atoms with Crippen molar-refractivity contribution >= 4 is 17.0 Å². The van der Waals surface area contributed by atoms with Crippen LogP contribution in [0.25, 0.3) is 11.2 Å². The number of hydrogen-bond donors (Lipinski definition) is 4. The average molecular weight is 361 g/mol. The van der Waals surface area contributed by atoms with E-state index in [0.29, 0.717) is 17.0 Å². The smallest absolute Gasteiger partial charge is 0.167 e. The topological polar surface area (TPSA) is 126 Å². The van der Waals surface area contributed by atoms with Crippen LogP contribution < -0.4 is 5.32 Å². The molecule has 1 aliphatic heterocycles. The minimum Gasteiger partial charge on any atom is -0.394 e. The fourth-order valence-electron chi connectivity index (χ4n) is 4.86. The van der Waals surface area contributed by atoms with Gasteiger partial charge in [0, 0.05) is 5.54 Å². The lowest BCUT2D eigenvalue weighted by Crippen LogP contribution is -2.33. The molecule has 9 nitrogen and oxygen atoms in total. The highest BCUT2D eigenvalue weighted by Crippen LogP contribution is 2.49. The van der Waals surface area contributed by atoms with Crippen LogP contribution in [0.5, 0.6) is 0 Å². The monoisotopic (exact) mass is 361 g/mol. The van der Waals surface area contributed by atoms with Gasteiger partial charge in [-0.25, -0.2) is 15.0 Å². The first-order valence-electron chi connectivity index (χ1n) is 9.18. The molecule has 0 radical (unpaired) electrons. The number of rotatable bonds is 4. The Hall–Kier alpha value is -1.81. The molecule has 0 spiro atoms. The fraction of sp³-hybridized carbons (Fsp3) is 0.706. The van der Waals surface area contributed by atoms with E-state index in [0.717, 1.165) is 18.8 Å². The maximum Gasteiger partial charge on any atom is 0.167 e. The van der Waals surface area contributed by atoms with Gasteiger partial charge in [-0.2, -0.15) is 0 Å². The summed E-state index contributed by atoms with van der Waals surface area (Å²) >= 11 is 0. The van der Waals surface area contributed by atoms with Gasteiger partial charge >= 0.3 is 0 Å². The van der Waals surface area contributed by atoms with Gasteiger partial charge in [-0.15, -0.1) is 0 Å². The number of aromatic nitrogens is 4. The minimum atomic E-state index is -1.17. The average Bonchev–Trinajstić information content (AvgIpc) is 3.40. The molecule has 2 saturated carbocycles. The molecular formula is C17H23N5O4. The van der Waals surface area contributed by atoms with Crippen molar-refractivity contribution in [2.75, 3.05) is 11.9 Å². The van der Waals surface area contributed by atoms with E-state index < -0.39 is 24.5 Å². The Morgan fingerprint density at radius 3 is 2.65 bits per heavy atom. The van der Waals surface area contributed by atoms with E-state index in [9.17, 15) is 15.3 Å². The van der Waals surface area contributed by atoms with Gasteiger partial charge in [0.1, 0.15) is 24.6 Å². The van der Waals surface area contributed by atoms with Crippen molar-refractivity contribution < 1.29 is 20.1 Å². The first-order chi connectivity index (χ1) is 12.6. The molecular weight excluding hydrogens is 338 g/mol. The van der Waals surface area contributed by atoms with E-state index in [1.807, 2.05) is 0 Å². The van der Waals surface area contributed by atoms with Crippen molar-refractivity contribution in [3.63, 3.8) is 0 Å². The number of aliphatic hydroxyl groups excluding tert-OH is 3. The van der Waals surface area contributed by atoms with Crippen LogP contribution in [0.2, 0.25) is 0 Å². The standard InChI is InChI=1S/C17H23N5O4/c23-6-10-12(24)13(25)16(26-10)22-8-20-11-14(18-7-19-15(11)22)21-17-3-1-9(5-17)2-4-17/h7-10,12-13,16,23-25H,1-6H2,(H,18,19,21)/t9?,10-,12-,13-,16-,17?/m1/s1. The number of anilines is 1. The number of aliphatic hydroxyl groups is 3. The van der Waals surface area contributed by atoms with Gasteiger partial charge in [0.15, 0.2) is 23.2 Å². The van der Waals surface area contributed by atoms with Gasteiger partial charge in [0.05, 0.1) is 12.9 Å². The van der Waals surface area contributed by atoms with Gasteiger partial charge in [0.2, 0.25) is 0 Å². The van der Waals surface area contributed by atoms with E-state index >= 15 is 0 Å². The van der Waals surface area contributed by atoms with Crippen LogP contribution in [0.1, 0.15) is 38.3 Å². The maximum atomic E-state index is 10.3. The van der Waals surface area contributed by atoms with Crippen LogP contribution in [-0.4, -0.2) is 65.3 Å². The van der Waals surface area contributed by atoms with Gasteiger partial charge in [0.25, 0.3) is 0 Å². The highest BCUT2D eigenvalue weighted by molar-refractivity contribution is 5.83. The first-order valence-corrected chi connectivity index (χ1v) is 9.18. The predicted octanol–water partition coefficient (Wildman–Crippen LogP) is 0.182. The highest BCUT2D eigenvalue weighted by atomic mass is 16.6. The van der Waals surface area contributed by atoms with E-state index in [2.05, 4.69) is 20.3 Å². The Morgan fingerprint density at radius 2 is 2.00 bits per heavy atom. The fourth-order valence-corrected chi connectivity index (χ4v) is 4.86. The zero-order valence-electron chi connectivity index (χ0n) is 14.3. The summed E-state index contributed by atoms with van der Waals surface area (Å²) in [5.74, 6) is 1.51. The van der Waals surface area contributed by atoms with Gasteiger partial charge < -0.3 is 25.4 Å². The molecule has 3 fully saturated rings. The van der Waals surface area contributed by atoms with Crippen LogP contribution >= 0.6 is 0 Å². The molecule has 2 aliphatic carbocycles. The Balaban J connectivity index is 1.48. The number of nitrogens with one attached hydrogen (secondary N) is 1. The second kappa shape index (κ2) is 5.85. The van der Waals surface area contributed by atoms with Crippen LogP contribution in [0.4, 0.5) is 5.82 Å². The van der Waals surface area contributed by atoms with E-state index in [1.54, 1.807) is 4.57 Å². The molecule has 0 unspecified atom stereocenters. The molecule has 1 saturated heterocycles. The number of nitrogens with zero attached hydrogens (tertiary/aromatic N) is 4. The predicted molar refractivity (Wildman–Crippen MR) is 91.3 cm³/mol. The Bertz CT molecular complexity index is 819. The summed E-state index contributed by atoms with van der Waals surface area (Å²) in [6.45, 7) is -0.368. The van der Waals surface area contributed by atoms with Crippen molar-refractivity contribution in [3.8, 4) is 0 Å². The van der Waals surface area contributed by atoms with E-state index in [1.165, 1.54) is 31.9 Å². The van der Waals surface area contributed by atoms with Crippen LogP contribution in [0.15, 0.2) is 12.7 Å². The van der Waals surface area contributed by atoms with Crippen molar-refractivity contribution in [1.82, 2.24) is 19.5 Å². The SMILES string of the molecule is OC[C@H]1O[C@@H](n2cnc3c(NC45CCC(CC4)C5)ncnc32)[C@H](O)[C@@H]1O. The molecule has 3 heterocycles. The Labute approximate surface area is 150 Å². The highest BCUT2D eigenvalue weighted by Gasteiger charge is 2.46. The number of fused-ring (bicyclic) bond motifs is 3. The number of hydrogen-bond acceptors (Lipinski definition) is 8. The Kier molecular flexibility index (Phi) is 3.68. The van der Waals surface area contributed by atoms with Gasteiger partial charge in [-0.1, -0.05) is 0 Å². The summed E-state index contributed by atoms with van der Waals surface area (Å²) < 4.78 is 7.19. The number of ether oxygens (including phenoxy) is 1. The number of imidazole rings is 1. The third-order valence-electron chi connectivity index (χ3n) is 6.28. The third kappa shape index (κ3) is 2.34. The molecule has 0 amide bonds. The lowest BCUT2D eigenvalue weighted by atomic mass is 9.94.